The van der Waals surface area contributed by atoms with Gasteiger partial charge in [0.1, 0.15) is 17.4 Å². The zero-order valence-electron chi connectivity index (χ0n) is 11.3. The summed E-state index contributed by atoms with van der Waals surface area (Å²) in [6, 6.07) is 5.47. The molecule has 106 valence electrons. The average molecular weight is 312 g/mol. The molecule has 20 heavy (non-hydrogen) atoms. The number of benzene rings is 1. The number of nitrogens with zero attached hydrogens (tertiary/aromatic N) is 2. The molecule has 0 saturated heterocycles. The second kappa shape index (κ2) is 6.77. The molecule has 0 aliphatic rings. The van der Waals surface area contributed by atoms with Crippen molar-refractivity contribution in [1.29, 1.82) is 0 Å². The Hall–Kier alpha value is -1.52. The van der Waals surface area contributed by atoms with Crippen LogP contribution in [0.2, 0.25) is 5.02 Å². The fraction of sp³-hybridized carbons (Fsp3) is 0.286. The number of aromatic nitrogens is 2. The van der Waals surface area contributed by atoms with Gasteiger partial charge in [0.05, 0.1) is 12.1 Å². The maximum absolute atomic E-state index is 6.00. The highest BCUT2D eigenvalue weighted by atomic mass is 35.5. The molecule has 6 heteroatoms. The third-order valence-electron chi connectivity index (χ3n) is 2.75. The molecule has 1 aromatic heterocycles. The number of nitrogens with one attached hydrogen (secondary N) is 1. The monoisotopic (exact) mass is 311 g/mol. The van der Waals surface area contributed by atoms with E-state index in [1.807, 2.05) is 19.1 Å². The fourth-order valence-electron chi connectivity index (χ4n) is 1.68. The van der Waals surface area contributed by atoms with Crippen molar-refractivity contribution in [3.8, 4) is 5.75 Å². The molecule has 0 saturated carbocycles. The molecule has 1 N–H and O–H groups in total. The number of aryl methyl sites for hydroxylation is 2. The zero-order chi connectivity index (χ0) is 14.5. The molecular formula is C14H15Cl2N3O. The van der Waals surface area contributed by atoms with Gasteiger partial charge in [-0.2, -0.15) is 0 Å². The smallest absolute Gasteiger partial charge is 0.139 e. The highest BCUT2D eigenvalue weighted by Crippen LogP contribution is 2.29. The maximum atomic E-state index is 6.00. The standard InChI is InChI=1S/C14H15Cl2N3O/c1-9-8-17-13(5-6-15)19-14(9)18-10-3-4-11(16)12(7-10)20-2/h3-4,7-8H,5-6H2,1-2H3,(H,17,18,19). The van der Waals surface area contributed by atoms with Crippen LogP contribution in [0.3, 0.4) is 0 Å². The number of ether oxygens (including phenoxy) is 1. The van der Waals surface area contributed by atoms with E-state index in [0.29, 0.717) is 28.9 Å². The quantitative estimate of drug-likeness (QED) is 0.849. The third kappa shape index (κ3) is 3.52. The third-order valence-corrected chi connectivity index (χ3v) is 3.25. The molecule has 0 unspecified atom stereocenters. The largest absolute Gasteiger partial charge is 0.495 e. The molecule has 4 nitrogen and oxygen atoms in total. The van der Waals surface area contributed by atoms with Gasteiger partial charge in [0.15, 0.2) is 0 Å². The SMILES string of the molecule is COc1cc(Nc2nc(CCCl)ncc2C)ccc1Cl. The van der Waals surface area contributed by atoms with Gasteiger partial charge >= 0.3 is 0 Å². The lowest BCUT2D eigenvalue weighted by Crippen LogP contribution is -2.03. The van der Waals surface area contributed by atoms with E-state index in [0.717, 1.165) is 17.1 Å². The first-order chi connectivity index (χ1) is 9.63. The summed E-state index contributed by atoms with van der Waals surface area (Å²) in [6.07, 6.45) is 2.42. The molecule has 0 fully saturated rings. The molecule has 2 aromatic rings. The normalized spacial score (nSPS) is 10.4. The number of hydrogen-bond donors (Lipinski definition) is 1. The van der Waals surface area contributed by atoms with Gasteiger partial charge in [-0.15, -0.1) is 11.6 Å². The van der Waals surface area contributed by atoms with Crippen molar-refractivity contribution >= 4 is 34.7 Å². The highest BCUT2D eigenvalue weighted by molar-refractivity contribution is 6.32. The van der Waals surface area contributed by atoms with Gasteiger partial charge in [0, 0.05) is 35.8 Å². The molecule has 0 aliphatic carbocycles. The van der Waals surface area contributed by atoms with E-state index in [9.17, 15) is 0 Å². The van der Waals surface area contributed by atoms with Gasteiger partial charge in [-0.1, -0.05) is 11.6 Å². The molecule has 2 rings (SSSR count). The van der Waals surface area contributed by atoms with Crippen LogP contribution in [0.1, 0.15) is 11.4 Å². The Morgan fingerprint density at radius 2 is 2.15 bits per heavy atom. The van der Waals surface area contributed by atoms with E-state index >= 15 is 0 Å². The Labute approximate surface area is 128 Å². The summed E-state index contributed by atoms with van der Waals surface area (Å²) in [6.45, 7) is 1.94. The summed E-state index contributed by atoms with van der Waals surface area (Å²) in [5, 5.41) is 3.81. The summed E-state index contributed by atoms with van der Waals surface area (Å²) in [4.78, 5) is 8.69. The summed E-state index contributed by atoms with van der Waals surface area (Å²) < 4.78 is 5.19. The van der Waals surface area contributed by atoms with E-state index < -0.39 is 0 Å². The van der Waals surface area contributed by atoms with Crippen molar-refractivity contribution in [3.05, 3.63) is 40.8 Å². The summed E-state index contributed by atoms with van der Waals surface area (Å²) in [5.41, 5.74) is 1.81. The lowest BCUT2D eigenvalue weighted by molar-refractivity contribution is 0.415. The van der Waals surface area contributed by atoms with Gasteiger partial charge in [-0.05, 0) is 19.1 Å². The Morgan fingerprint density at radius 1 is 1.35 bits per heavy atom. The maximum Gasteiger partial charge on any atom is 0.139 e. The van der Waals surface area contributed by atoms with Crippen LogP contribution in [0, 0.1) is 6.92 Å². The van der Waals surface area contributed by atoms with Crippen molar-refractivity contribution < 1.29 is 4.74 Å². The first-order valence-corrected chi connectivity index (χ1v) is 7.04. The van der Waals surface area contributed by atoms with E-state index in [2.05, 4.69) is 15.3 Å². The van der Waals surface area contributed by atoms with Gasteiger partial charge < -0.3 is 10.1 Å². The molecule has 1 heterocycles. The molecule has 0 atom stereocenters. The van der Waals surface area contributed by atoms with Crippen molar-refractivity contribution in [2.75, 3.05) is 18.3 Å². The minimum absolute atomic E-state index is 0.497. The predicted molar refractivity (Wildman–Crippen MR) is 82.5 cm³/mol. The predicted octanol–water partition coefficient (Wildman–Crippen LogP) is 3.97. The molecule has 0 radical (unpaired) electrons. The van der Waals surface area contributed by atoms with Gasteiger partial charge in [0.2, 0.25) is 0 Å². The Morgan fingerprint density at radius 3 is 2.85 bits per heavy atom. The fourth-order valence-corrected chi connectivity index (χ4v) is 2.05. The van der Waals surface area contributed by atoms with Crippen LogP contribution in [0.15, 0.2) is 24.4 Å². The van der Waals surface area contributed by atoms with Crippen LogP contribution in [-0.2, 0) is 6.42 Å². The van der Waals surface area contributed by atoms with E-state index in [1.165, 1.54) is 0 Å². The van der Waals surface area contributed by atoms with Crippen LogP contribution in [0.5, 0.6) is 5.75 Å². The summed E-state index contributed by atoms with van der Waals surface area (Å²) in [7, 11) is 1.58. The first kappa shape index (κ1) is 14.9. The van der Waals surface area contributed by atoms with Crippen LogP contribution >= 0.6 is 23.2 Å². The van der Waals surface area contributed by atoms with Crippen molar-refractivity contribution in [2.24, 2.45) is 0 Å². The molecule has 0 spiro atoms. The van der Waals surface area contributed by atoms with Gasteiger partial charge in [0.25, 0.3) is 0 Å². The Bertz CT molecular complexity index is 605. The number of alkyl halides is 1. The van der Waals surface area contributed by atoms with Crippen LogP contribution in [-0.4, -0.2) is 23.0 Å². The van der Waals surface area contributed by atoms with Crippen molar-refractivity contribution in [2.45, 2.75) is 13.3 Å². The van der Waals surface area contributed by atoms with E-state index in [1.54, 1.807) is 19.4 Å². The summed E-state index contributed by atoms with van der Waals surface area (Å²) in [5.74, 6) is 2.58. The average Bonchev–Trinajstić information content (AvgIpc) is 2.45. The number of methoxy groups -OCH3 is 1. The second-order valence-electron chi connectivity index (χ2n) is 4.23. The lowest BCUT2D eigenvalue weighted by atomic mass is 10.2. The minimum Gasteiger partial charge on any atom is -0.495 e. The van der Waals surface area contributed by atoms with Crippen LogP contribution in [0.25, 0.3) is 0 Å². The number of halogens is 2. The molecule has 0 amide bonds. The van der Waals surface area contributed by atoms with Crippen LogP contribution in [0.4, 0.5) is 11.5 Å². The number of anilines is 2. The molecular weight excluding hydrogens is 297 g/mol. The molecule has 0 bridgehead atoms. The zero-order valence-corrected chi connectivity index (χ0v) is 12.8. The van der Waals surface area contributed by atoms with Crippen LogP contribution < -0.4 is 10.1 Å². The number of rotatable bonds is 5. The summed E-state index contributed by atoms with van der Waals surface area (Å²) >= 11 is 11.7. The van der Waals surface area contributed by atoms with Crippen molar-refractivity contribution in [3.63, 3.8) is 0 Å². The topological polar surface area (TPSA) is 47.0 Å². The Balaban J connectivity index is 2.27. The number of hydrogen-bond acceptors (Lipinski definition) is 4. The minimum atomic E-state index is 0.497. The van der Waals surface area contributed by atoms with Gasteiger partial charge in [-0.25, -0.2) is 9.97 Å². The lowest BCUT2D eigenvalue weighted by Gasteiger charge is -2.11. The first-order valence-electron chi connectivity index (χ1n) is 6.13. The molecule has 0 aliphatic heterocycles. The van der Waals surface area contributed by atoms with Crippen molar-refractivity contribution in [1.82, 2.24) is 9.97 Å². The van der Waals surface area contributed by atoms with Gasteiger partial charge in [-0.3, -0.25) is 0 Å². The Kier molecular flexibility index (Phi) is 5.04. The highest BCUT2D eigenvalue weighted by Gasteiger charge is 2.06. The van der Waals surface area contributed by atoms with E-state index in [-0.39, 0.29) is 0 Å². The molecule has 1 aromatic carbocycles. The second-order valence-corrected chi connectivity index (χ2v) is 5.02. The van der Waals surface area contributed by atoms with E-state index in [4.69, 9.17) is 27.9 Å².